The summed E-state index contributed by atoms with van der Waals surface area (Å²) < 4.78 is 10.5. The molecular weight excluding hydrogens is 360 g/mol. The highest BCUT2D eigenvalue weighted by Gasteiger charge is 2.08. The molecule has 0 saturated heterocycles. The highest BCUT2D eigenvalue weighted by molar-refractivity contribution is 7.99. The van der Waals surface area contributed by atoms with Crippen LogP contribution in [0.15, 0.2) is 0 Å². The molecule has 0 unspecified atom stereocenters. The third-order valence-electron chi connectivity index (χ3n) is 5.25. The quantitative estimate of drug-likeness (QED) is 0.207. The average Bonchev–Trinajstić information content (AvgIpc) is 2.68. The number of carbonyl (C=O) groups is 2. The van der Waals surface area contributed by atoms with Gasteiger partial charge in [0.25, 0.3) is 0 Å². The van der Waals surface area contributed by atoms with E-state index in [0.717, 1.165) is 37.5 Å². The first-order valence-electron chi connectivity index (χ1n) is 11.0. The van der Waals surface area contributed by atoms with Crippen LogP contribution in [0.4, 0.5) is 0 Å². The molecule has 0 aliphatic carbocycles. The first-order valence-corrected chi connectivity index (χ1v) is 12.1. The summed E-state index contributed by atoms with van der Waals surface area (Å²) in [5.41, 5.74) is 0. The van der Waals surface area contributed by atoms with Gasteiger partial charge in [0.2, 0.25) is 0 Å². The van der Waals surface area contributed by atoms with Crippen LogP contribution in [0.3, 0.4) is 0 Å². The molecule has 0 saturated carbocycles. The van der Waals surface area contributed by atoms with Crippen molar-refractivity contribution in [2.24, 2.45) is 11.8 Å². The zero-order valence-corrected chi connectivity index (χ0v) is 18.9. The van der Waals surface area contributed by atoms with E-state index in [0.29, 0.717) is 37.6 Å². The predicted molar refractivity (Wildman–Crippen MR) is 115 cm³/mol. The number of rotatable bonds is 18. The van der Waals surface area contributed by atoms with Crippen LogP contribution in [-0.2, 0) is 19.1 Å². The molecule has 0 atom stereocenters. The number of hydrogen-bond acceptors (Lipinski definition) is 5. The molecule has 160 valence electrons. The monoisotopic (exact) mass is 402 g/mol. The van der Waals surface area contributed by atoms with E-state index < -0.39 is 0 Å². The second-order valence-corrected chi connectivity index (χ2v) is 8.43. The Hall–Kier alpha value is -0.710. The molecular formula is C22H42O4S. The van der Waals surface area contributed by atoms with Crippen molar-refractivity contribution < 1.29 is 19.1 Å². The topological polar surface area (TPSA) is 52.6 Å². The summed E-state index contributed by atoms with van der Waals surface area (Å²) in [7, 11) is 0. The van der Waals surface area contributed by atoms with Crippen molar-refractivity contribution in [2.75, 3.05) is 24.7 Å². The molecule has 0 heterocycles. The van der Waals surface area contributed by atoms with E-state index in [1.165, 1.54) is 25.7 Å². The van der Waals surface area contributed by atoms with E-state index >= 15 is 0 Å². The summed E-state index contributed by atoms with van der Waals surface area (Å²) in [5.74, 6) is 2.64. The van der Waals surface area contributed by atoms with E-state index in [1.54, 1.807) is 11.8 Å². The van der Waals surface area contributed by atoms with Crippen molar-refractivity contribution in [3.63, 3.8) is 0 Å². The van der Waals surface area contributed by atoms with E-state index in [1.807, 2.05) is 0 Å². The van der Waals surface area contributed by atoms with Crippen molar-refractivity contribution in [1.29, 1.82) is 0 Å². The van der Waals surface area contributed by atoms with Crippen LogP contribution in [0.1, 0.15) is 91.9 Å². The Balaban J connectivity index is 3.48. The Kier molecular flexibility index (Phi) is 18.2. The minimum Gasteiger partial charge on any atom is -0.466 e. The smallest absolute Gasteiger partial charge is 0.306 e. The van der Waals surface area contributed by atoms with Crippen LogP contribution >= 0.6 is 11.8 Å². The molecule has 0 aromatic rings. The molecule has 27 heavy (non-hydrogen) atoms. The molecule has 0 fully saturated rings. The van der Waals surface area contributed by atoms with E-state index in [4.69, 9.17) is 9.47 Å². The Morgan fingerprint density at radius 1 is 0.704 bits per heavy atom. The maximum absolute atomic E-state index is 11.7. The van der Waals surface area contributed by atoms with Gasteiger partial charge in [-0.25, -0.2) is 0 Å². The van der Waals surface area contributed by atoms with Crippen LogP contribution in [-0.4, -0.2) is 36.7 Å². The van der Waals surface area contributed by atoms with Gasteiger partial charge in [0.1, 0.15) is 0 Å². The van der Waals surface area contributed by atoms with Gasteiger partial charge in [0, 0.05) is 11.5 Å². The first-order chi connectivity index (χ1) is 13.1. The molecule has 0 bridgehead atoms. The average molecular weight is 403 g/mol. The highest BCUT2D eigenvalue weighted by Crippen LogP contribution is 2.15. The van der Waals surface area contributed by atoms with Crippen molar-refractivity contribution in [3.8, 4) is 0 Å². The summed E-state index contributed by atoms with van der Waals surface area (Å²) in [6.45, 7) is 9.90. The van der Waals surface area contributed by atoms with Gasteiger partial charge in [-0.05, 0) is 37.5 Å². The van der Waals surface area contributed by atoms with Gasteiger partial charge in [0.05, 0.1) is 26.1 Å². The minimum atomic E-state index is -0.129. The number of esters is 2. The fourth-order valence-corrected chi connectivity index (χ4v) is 3.89. The van der Waals surface area contributed by atoms with E-state index in [9.17, 15) is 9.59 Å². The Labute approximate surface area is 171 Å². The Bertz CT molecular complexity index is 331. The summed E-state index contributed by atoms with van der Waals surface area (Å²) in [4.78, 5) is 23.4. The van der Waals surface area contributed by atoms with Crippen LogP contribution in [0, 0.1) is 11.8 Å². The SMILES string of the molecule is CCC(CC)CCCOC(=O)CCSCCC(=O)OCCCC(CC)CC. The lowest BCUT2D eigenvalue weighted by Gasteiger charge is -2.12. The third kappa shape index (κ3) is 16.0. The minimum absolute atomic E-state index is 0.129. The van der Waals surface area contributed by atoms with Gasteiger partial charge < -0.3 is 9.47 Å². The molecule has 0 amide bonds. The molecule has 4 nitrogen and oxygen atoms in total. The van der Waals surface area contributed by atoms with Gasteiger partial charge in [0.15, 0.2) is 0 Å². The lowest BCUT2D eigenvalue weighted by Crippen LogP contribution is -2.10. The lowest BCUT2D eigenvalue weighted by molar-refractivity contribution is -0.144. The van der Waals surface area contributed by atoms with Crippen LogP contribution < -0.4 is 0 Å². The molecule has 0 aromatic heterocycles. The summed E-state index contributed by atoms with van der Waals surface area (Å²) in [6.07, 6.45) is 9.79. The second kappa shape index (κ2) is 18.6. The van der Waals surface area contributed by atoms with Crippen molar-refractivity contribution >= 4 is 23.7 Å². The molecule has 0 radical (unpaired) electrons. The molecule has 0 aliphatic heterocycles. The van der Waals surface area contributed by atoms with Gasteiger partial charge in [-0.3, -0.25) is 9.59 Å². The summed E-state index contributed by atoms with van der Waals surface area (Å²) in [6, 6.07) is 0. The molecule has 0 spiro atoms. The zero-order chi connectivity index (χ0) is 20.3. The fourth-order valence-electron chi connectivity index (χ4n) is 3.07. The normalized spacial score (nSPS) is 11.2. The molecule has 0 aromatic carbocycles. The summed E-state index contributed by atoms with van der Waals surface area (Å²) in [5, 5.41) is 0. The van der Waals surface area contributed by atoms with Crippen molar-refractivity contribution in [1.82, 2.24) is 0 Å². The number of thioether (sulfide) groups is 1. The zero-order valence-electron chi connectivity index (χ0n) is 18.1. The Morgan fingerprint density at radius 2 is 1.07 bits per heavy atom. The van der Waals surface area contributed by atoms with Gasteiger partial charge in [-0.1, -0.05) is 53.4 Å². The van der Waals surface area contributed by atoms with Crippen LogP contribution in [0.2, 0.25) is 0 Å². The highest BCUT2D eigenvalue weighted by atomic mass is 32.2. The number of hydrogen-bond donors (Lipinski definition) is 0. The van der Waals surface area contributed by atoms with E-state index in [-0.39, 0.29) is 11.9 Å². The first kappa shape index (κ1) is 26.3. The van der Waals surface area contributed by atoms with Gasteiger partial charge in [-0.15, -0.1) is 0 Å². The Morgan fingerprint density at radius 3 is 1.41 bits per heavy atom. The van der Waals surface area contributed by atoms with Crippen LogP contribution in [0.5, 0.6) is 0 Å². The van der Waals surface area contributed by atoms with Gasteiger partial charge >= 0.3 is 11.9 Å². The largest absolute Gasteiger partial charge is 0.466 e. The molecule has 0 N–H and O–H groups in total. The maximum Gasteiger partial charge on any atom is 0.306 e. The van der Waals surface area contributed by atoms with Crippen molar-refractivity contribution in [2.45, 2.75) is 91.9 Å². The van der Waals surface area contributed by atoms with Gasteiger partial charge in [-0.2, -0.15) is 11.8 Å². The maximum atomic E-state index is 11.7. The van der Waals surface area contributed by atoms with E-state index in [2.05, 4.69) is 27.7 Å². The standard InChI is InChI=1S/C22H42O4S/c1-5-19(6-2)11-9-15-25-21(23)13-17-27-18-14-22(24)26-16-10-12-20(7-3)8-4/h19-20H,5-18H2,1-4H3. The van der Waals surface area contributed by atoms with Crippen LogP contribution in [0.25, 0.3) is 0 Å². The second-order valence-electron chi connectivity index (χ2n) is 7.20. The molecule has 0 rings (SSSR count). The number of ether oxygens (including phenoxy) is 2. The lowest BCUT2D eigenvalue weighted by atomic mass is 9.98. The fraction of sp³-hybridized carbons (Fsp3) is 0.909. The molecule has 5 heteroatoms. The summed E-state index contributed by atoms with van der Waals surface area (Å²) >= 11 is 1.61. The van der Waals surface area contributed by atoms with Crippen molar-refractivity contribution in [3.05, 3.63) is 0 Å². The third-order valence-corrected chi connectivity index (χ3v) is 6.24. The predicted octanol–water partition coefficient (Wildman–Crippen LogP) is 6.02. The number of carbonyl (C=O) groups excluding carboxylic acids is 2. The molecule has 0 aliphatic rings.